The van der Waals surface area contributed by atoms with Gasteiger partial charge in [-0.1, -0.05) is 0 Å². The molecule has 3 rings (SSSR count). The van der Waals surface area contributed by atoms with Crippen molar-refractivity contribution in [2.24, 2.45) is 0 Å². The third-order valence-electron chi connectivity index (χ3n) is 3.93. The molecule has 1 N–H and O–H groups in total. The molecule has 0 radical (unpaired) electrons. The number of nitriles is 1. The molecule has 2 aromatic rings. The van der Waals surface area contributed by atoms with Crippen LogP contribution in [-0.4, -0.2) is 31.6 Å². The Labute approximate surface area is 147 Å². The number of anilines is 2. The number of esters is 1. The van der Waals surface area contributed by atoms with E-state index in [0.717, 1.165) is 6.07 Å². The van der Waals surface area contributed by atoms with Crippen molar-refractivity contribution in [2.75, 3.05) is 23.9 Å². The summed E-state index contributed by atoms with van der Waals surface area (Å²) in [6, 6.07) is 6.77. The second kappa shape index (κ2) is 6.91. The van der Waals surface area contributed by atoms with Crippen LogP contribution in [0.3, 0.4) is 0 Å². The lowest BCUT2D eigenvalue weighted by Gasteiger charge is -2.17. The first-order chi connectivity index (χ1) is 12.0. The minimum absolute atomic E-state index is 0.137. The van der Waals surface area contributed by atoms with E-state index in [1.165, 1.54) is 35.5 Å². The van der Waals surface area contributed by atoms with Crippen molar-refractivity contribution < 1.29 is 18.7 Å². The maximum Gasteiger partial charge on any atom is 0.340 e. The number of methoxy groups -OCH3 is 1. The molecule has 1 aromatic carbocycles. The van der Waals surface area contributed by atoms with Gasteiger partial charge in [-0.25, -0.2) is 9.18 Å². The van der Waals surface area contributed by atoms with E-state index in [-0.39, 0.29) is 11.5 Å². The van der Waals surface area contributed by atoms with Crippen LogP contribution in [0.5, 0.6) is 0 Å². The minimum Gasteiger partial charge on any atom is -0.465 e. The van der Waals surface area contributed by atoms with Crippen LogP contribution in [0.15, 0.2) is 29.6 Å². The second-order valence-electron chi connectivity index (χ2n) is 5.41. The Morgan fingerprint density at radius 1 is 1.48 bits per heavy atom. The first kappa shape index (κ1) is 16.9. The third kappa shape index (κ3) is 3.19. The number of hydrogen-bond acceptors (Lipinski definition) is 6. The Morgan fingerprint density at radius 3 is 3.00 bits per heavy atom. The highest BCUT2D eigenvalue weighted by atomic mass is 32.1. The van der Waals surface area contributed by atoms with Crippen molar-refractivity contribution in [3.05, 3.63) is 46.6 Å². The lowest BCUT2D eigenvalue weighted by Crippen LogP contribution is -2.33. The van der Waals surface area contributed by atoms with Gasteiger partial charge >= 0.3 is 5.97 Å². The molecule has 1 aliphatic rings. The van der Waals surface area contributed by atoms with Gasteiger partial charge in [0.25, 0.3) is 0 Å². The summed E-state index contributed by atoms with van der Waals surface area (Å²) in [7, 11) is 1.29. The first-order valence-corrected chi connectivity index (χ1v) is 8.36. The molecule has 0 bridgehead atoms. The van der Waals surface area contributed by atoms with Gasteiger partial charge in [0.1, 0.15) is 22.9 Å². The van der Waals surface area contributed by atoms with Crippen LogP contribution in [0.25, 0.3) is 0 Å². The first-order valence-electron chi connectivity index (χ1n) is 7.48. The van der Waals surface area contributed by atoms with E-state index in [0.29, 0.717) is 29.2 Å². The highest BCUT2D eigenvalue weighted by Crippen LogP contribution is 2.32. The number of benzene rings is 1. The van der Waals surface area contributed by atoms with Gasteiger partial charge in [-0.3, -0.25) is 4.79 Å². The molecule has 1 fully saturated rings. The van der Waals surface area contributed by atoms with Crippen LogP contribution in [-0.2, 0) is 9.53 Å². The Hall–Kier alpha value is -2.92. The molecule has 1 amide bonds. The molecule has 1 aromatic heterocycles. The van der Waals surface area contributed by atoms with E-state index in [9.17, 15) is 14.0 Å². The monoisotopic (exact) mass is 359 g/mol. The number of thiophene rings is 1. The Morgan fingerprint density at radius 2 is 2.28 bits per heavy atom. The number of carbonyl (C=O) groups is 2. The molecule has 1 saturated heterocycles. The van der Waals surface area contributed by atoms with Gasteiger partial charge in [-0.05, 0) is 36.1 Å². The average molecular weight is 359 g/mol. The summed E-state index contributed by atoms with van der Waals surface area (Å²) in [4.78, 5) is 26.0. The predicted molar refractivity (Wildman–Crippen MR) is 91.2 cm³/mol. The molecule has 2 heterocycles. The summed E-state index contributed by atoms with van der Waals surface area (Å²) >= 11 is 1.29. The maximum atomic E-state index is 13.2. The molecular formula is C17H14FN3O3S. The van der Waals surface area contributed by atoms with Crippen LogP contribution in [0.1, 0.15) is 22.3 Å². The van der Waals surface area contributed by atoms with Crippen LogP contribution in [0.4, 0.5) is 15.1 Å². The van der Waals surface area contributed by atoms with Gasteiger partial charge in [0.05, 0.1) is 23.9 Å². The molecule has 25 heavy (non-hydrogen) atoms. The Balaban J connectivity index is 1.81. The van der Waals surface area contributed by atoms with E-state index >= 15 is 0 Å². The number of amides is 1. The molecule has 0 aliphatic carbocycles. The highest BCUT2D eigenvalue weighted by molar-refractivity contribution is 7.14. The largest absolute Gasteiger partial charge is 0.465 e. The van der Waals surface area contributed by atoms with Crippen molar-refractivity contribution in [1.82, 2.24) is 0 Å². The lowest BCUT2D eigenvalue weighted by atomic mass is 10.1. The number of halogens is 1. The number of carbonyl (C=O) groups excluding carboxylic acids is 2. The topological polar surface area (TPSA) is 82.4 Å². The zero-order valence-electron chi connectivity index (χ0n) is 13.3. The van der Waals surface area contributed by atoms with E-state index in [2.05, 4.69) is 5.32 Å². The number of ether oxygens (including phenoxy) is 1. The van der Waals surface area contributed by atoms with Gasteiger partial charge in [-0.15, -0.1) is 11.3 Å². The van der Waals surface area contributed by atoms with Gasteiger partial charge in [0.2, 0.25) is 5.91 Å². The summed E-state index contributed by atoms with van der Waals surface area (Å²) in [5.74, 6) is -1.21. The summed E-state index contributed by atoms with van der Waals surface area (Å²) in [5.41, 5.74) is 0.891. The van der Waals surface area contributed by atoms with Gasteiger partial charge in [-0.2, -0.15) is 5.26 Å². The summed E-state index contributed by atoms with van der Waals surface area (Å²) < 4.78 is 18.0. The number of nitrogens with one attached hydrogen (secondary N) is 1. The fourth-order valence-corrected chi connectivity index (χ4v) is 3.63. The van der Waals surface area contributed by atoms with Gasteiger partial charge in [0, 0.05) is 6.54 Å². The number of hydrogen-bond donors (Lipinski definition) is 1. The highest BCUT2D eigenvalue weighted by Gasteiger charge is 2.35. The summed E-state index contributed by atoms with van der Waals surface area (Å²) in [5, 5.41) is 14.4. The van der Waals surface area contributed by atoms with Crippen molar-refractivity contribution in [3.8, 4) is 6.07 Å². The molecule has 128 valence electrons. The Bertz CT molecular complexity index is 874. The zero-order chi connectivity index (χ0) is 18.0. The van der Waals surface area contributed by atoms with E-state index in [1.54, 1.807) is 11.4 Å². The second-order valence-corrected chi connectivity index (χ2v) is 6.30. The van der Waals surface area contributed by atoms with Crippen LogP contribution in [0, 0.1) is 17.1 Å². The van der Waals surface area contributed by atoms with Gasteiger partial charge < -0.3 is 15.0 Å². The van der Waals surface area contributed by atoms with Crippen LogP contribution >= 0.6 is 11.3 Å². The summed E-state index contributed by atoms with van der Waals surface area (Å²) in [6.45, 7) is 0.435. The van der Waals surface area contributed by atoms with E-state index in [1.807, 2.05) is 6.07 Å². The predicted octanol–water partition coefficient (Wildman–Crippen LogP) is 2.76. The number of rotatable bonds is 4. The fourth-order valence-electron chi connectivity index (χ4n) is 2.71. The van der Waals surface area contributed by atoms with E-state index in [4.69, 9.17) is 10.00 Å². The number of nitrogens with zero attached hydrogens (tertiary/aromatic N) is 2. The third-order valence-corrected chi connectivity index (χ3v) is 4.87. The normalized spacial score (nSPS) is 16.6. The SMILES string of the molecule is COC(=O)c1ccsc1N1CCC(Nc2ccc(F)cc2C#N)C1=O. The molecular weight excluding hydrogens is 345 g/mol. The lowest BCUT2D eigenvalue weighted by molar-refractivity contribution is -0.117. The standard InChI is InChI=1S/C17H14FN3O3S/c1-24-17(23)12-5-7-25-16(12)21-6-4-14(15(21)22)20-13-3-2-11(18)8-10(13)9-19/h2-3,5,7-8,14,20H,4,6H2,1H3. The Kier molecular flexibility index (Phi) is 4.67. The van der Waals surface area contributed by atoms with Crippen molar-refractivity contribution in [2.45, 2.75) is 12.5 Å². The molecule has 1 atom stereocenters. The smallest absolute Gasteiger partial charge is 0.340 e. The molecule has 6 nitrogen and oxygen atoms in total. The molecule has 0 spiro atoms. The quantitative estimate of drug-likeness (QED) is 0.849. The van der Waals surface area contributed by atoms with Crippen molar-refractivity contribution in [3.63, 3.8) is 0 Å². The van der Waals surface area contributed by atoms with E-state index < -0.39 is 17.8 Å². The van der Waals surface area contributed by atoms with Crippen LogP contribution in [0.2, 0.25) is 0 Å². The molecule has 1 aliphatic heterocycles. The molecule has 1 unspecified atom stereocenters. The minimum atomic E-state index is -0.551. The summed E-state index contributed by atoms with van der Waals surface area (Å²) in [6.07, 6.45) is 0.500. The zero-order valence-corrected chi connectivity index (χ0v) is 14.1. The average Bonchev–Trinajstić information content (AvgIpc) is 3.23. The molecule has 0 saturated carbocycles. The van der Waals surface area contributed by atoms with Crippen molar-refractivity contribution in [1.29, 1.82) is 5.26 Å². The fraction of sp³-hybridized carbons (Fsp3) is 0.235. The van der Waals surface area contributed by atoms with Gasteiger partial charge in [0.15, 0.2) is 0 Å². The van der Waals surface area contributed by atoms with Crippen molar-refractivity contribution >= 4 is 33.9 Å². The van der Waals surface area contributed by atoms with Crippen LogP contribution < -0.4 is 10.2 Å². The maximum absolute atomic E-state index is 13.2. The molecule has 8 heteroatoms.